The van der Waals surface area contributed by atoms with Gasteiger partial charge < -0.3 is 15.7 Å². The van der Waals surface area contributed by atoms with Crippen LogP contribution in [0.15, 0.2) is 24.3 Å². The largest absolute Gasteiger partial charge is 0.480 e. The Hall–Kier alpha value is -2.08. The van der Waals surface area contributed by atoms with Crippen molar-refractivity contribution in [3.63, 3.8) is 0 Å². The van der Waals surface area contributed by atoms with Gasteiger partial charge in [0.05, 0.1) is 12.6 Å². The maximum atomic E-state index is 12.5. The van der Waals surface area contributed by atoms with E-state index in [-0.39, 0.29) is 30.7 Å². The Morgan fingerprint density at radius 2 is 1.81 bits per heavy atom. The molecule has 2 atom stereocenters. The van der Waals surface area contributed by atoms with Crippen molar-refractivity contribution in [1.82, 2.24) is 15.5 Å². The highest BCUT2D eigenvalue weighted by molar-refractivity contribution is 5.75. The molecule has 2 aliphatic rings. The van der Waals surface area contributed by atoms with Crippen LogP contribution < -0.4 is 10.6 Å². The molecule has 0 aliphatic heterocycles. The van der Waals surface area contributed by atoms with E-state index in [1.54, 1.807) is 0 Å². The number of benzene rings is 1. The first-order chi connectivity index (χ1) is 12.9. The predicted octanol–water partition coefficient (Wildman–Crippen LogP) is 3.11. The molecule has 3 N–H and O–H groups in total. The lowest BCUT2D eigenvalue weighted by atomic mass is 9.85. The zero-order valence-electron chi connectivity index (χ0n) is 16.4. The number of amides is 2. The summed E-state index contributed by atoms with van der Waals surface area (Å²) in [5, 5.41) is 15.2. The number of carbonyl (C=O) groups is 2. The first kappa shape index (κ1) is 19.7. The maximum absolute atomic E-state index is 12.5. The van der Waals surface area contributed by atoms with Gasteiger partial charge in [0.25, 0.3) is 0 Å². The molecular formula is C21H31N3O3. The monoisotopic (exact) mass is 373 g/mol. The van der Waals surface area contributed by atoms with Crippen LogP contribution in [0.5, 0.6) is 0 Å². The molecule has 1 saturated carbocycles. The summed E-state index contributed by atoms with van der Waals surface area (Å²) in [6, 6.07) is 8.70. The highest BCUT2D eigenvalue weighted by Crippen LogP contribution is 2.43. The summed E-state index contributed by atoms with van der Waals surface area (Å²) in [5.41, 5.74) is 2.59. The van der Waals surface area contributed by atoms with Crippen LogP contribution in [0.2, 0.25) is 0 Å². The summed E-state index contributed by atoms with van der Waals surface area (Å²) in [5.74, 6) is 0.224. The Morgan fingerprint density at radius 1 is 1.15 bits per heavy atom. The number of carboxylic acid groups (broad SMARTS) is 1. The minimum absolute atomic E-state index is 0.0589. The van der Waals surface area contributed by atoms with Crippen molar-refractivity contribution in [2.45, 2.75) is 64.1 Å². The Kier molecular flexibility index (Phi) is 6.05. The fourth-order valence-corrected chi connectivity index (χ4v) is 4.50. The third-order valence-electron chi connectivity index (χ3n) is 6.08. The minimum atomic E-state index is -0.800. The van der Waals surface area contributed by atoms with E-state index in [1.807, 2.05) is 17.9 Å². The molecule has 0 saturated heterocycles. The molecule has 0 aromatic heterocycles. The molecule has 0 unspecified atom stereocenters. The van der Waals surface area contributed by atoms with Gasteiger partial charge in [-0.1, -0.05) is 45.0 Å². The molecule has 0 spiro atoms. The van der Waals surface area contributed by atoms with Gasteiger partial charge >= 0.3 is 12.0 Å². The molecule has 27 heavy (non-hydrogen) atoms. The molecule has 0 bridgehead atoms. The smallest absolute Gasteiger partial charge is 0.317 e. The van der Waals surface area contributed by atoms with Gasteiger partial charge in [-0.3, -0.25) is 9.69 Å². The summed E-state index contributed by atoms with van der Waals surface area (Å²) >= 11 is 0. The Balaban J connectivity index is 1.50. The highest BCUT2D eigenvalue weighted by Gasteiger charge is 2.36. The number of likely N-dealkylation sites (N-methyl/N-ethyl adjacent to an activating group) is 1. The molecule has 6 nitrogen and oxygen atoms in total. The highest BCUT2D eigenvalue weighted by atomic mass is 16.4. The second kappa shape index (κ2) is 8.30. The van der Waals surface area contributed by atoms with Crippen LogP contribution in [0.25, 0.3) is 0 Å². The van der Waals surface area contributed by atoms with E-state index in [1.165, 1.54) is 11.1 Å². The summed E-state index contributed by atoms with van der Waals surface area (Å²) in [6.07, 6.45) is 2.56. The number of carboxylic acids is 1. The zero-order valence-corrected chi connectivity index (χ0v) is 16.4. The number of urea groups is 1. The average Bonchev–Trinajstić information content (AvgIpc) is 2.95. The van der Waals surface area contributed by atoms with E-state index in [0.717, 1.165) is 19.3 Å². The first-order valence-electron chi connectivity index (χ1n) is 10.0. The summed E-state index contributed by atoms with van der Waals surface area (Å²) in [6.45, 7) is 7.21. The summed E-state index contributed by atoms with van der Waals surface area (Å²) < 4.78 is 0. The fraction of sp³-hybridized carbons (Fsp3) is 0.619. The number of carbonyl (C=O) groups excluding carboxylic acids is 1. The van der Waals surface area contributed by atoms with Gasteiger partial charge in [-0.25, -0.2) is 4.79 Å². The van der Waals surface area contributed by atoms with Crippen molar-refractivity contribution in [1.29, 1.82) is 0 Å². The lowest BCUT2D eigenvalue weighted by molar-refractivity contribution is -0.139. The molecule has 2 amide bonds. The van der Waals surface area contributed by atoms with Gasteiger partial charge in [-0.05, 0) is 48.8 Å². The van der Waals surface area contributed by atoms with Crippen molar-refractivity contribution in [3.05, 3.63) is 35.4 Å². The Labute approximate surface area is 161 Å². The topological polar surface area (TPSA) is 81.7 Å². The van der Waals surface area contributed by atoms with E-state index in [2.05, 4.69) is 42.7 Å². The minimum Gasteiger partial charge on any atom is -0.480 e. The molecular weight excluding hydrogens is 342 g/mol. The van der Waals surface area contributed by atoms with Crippen LogP contribution >= 0.6 is 0 Å². The van der Waals surface area contributed by atoms with Gasteiger partial charge in [-0.15, -0.1) is 0 Å². The quantitative estimate of drug-likeness (QED) is 0.686. The SMILES string of the molecule is CCN(CC(=O)O)C1CC(NC(=O)N[C@@H]2C[C@H](C(C)C)c3ccccc32)C1. The van der Waals surface area contributed by atoms with E-state index in [0.29, 0.717) is 18.4 Å². The number of rotatable bonds is 7. The lowest BCUT2D eigenvalue weighted by Gasteiger charge is -2.42. The number of hydrogen-bond donors (Lipinski definition) is 3. The fourth-order valence-electron chi connectivity index (χ4n) is 4.50. The van der Waals surface area contributed by atoms with E-state index >= 15 is 0 Å². The number of fused-ring (bicyclic) bond motifs is 1. The molecule has 6 heteroatoms. The number of nitrogens with zero attached hydrogens (tertiary/aromatic N) is 1. The standard InChI is InChI=1S/C21H31N3O3/c1-4-24(12-20(25)26)15-9-14(10-15)22-21(27)23-19-11-18(13(2)3)16-7-5-6-8-17(16)19/h5-8,13-15,18-19H,4,9-12H2,1-3H3,(H,25,26)(H2,22,23,27)/t14?,15?,18-,19-/m1/s1. The van der Waals surface area contributed by atoms with Crippen LogP contribution in [0.4, 0.5) is 4.79 Å². The van der Waals surface area contributed by atoms with Crippen LogP contribution in [0.3, 0.4) is 0 Å². The number of hydrogen-bond acceptors (Lipinski definition) is 3. The van der Waals surface area contributed by atoms with Crippen molar-refractivity contribution >= 4 is 12.0 Å². The van der Waals surface area contributed by atoms with Crippen LogP contribution in [-0.2, 0) is 4.79 Å². The Bertz CT molecular complexity index is 685. The van der Waals surface area contributed by atoms with Crippen molar-refractivity contribution in [2.24, 2.45) is 5.92 Å². The van der Waals surface area contributed by atoms with Crippen LogP contribution in [0.1, 0.15) is 63.1 Å². The number of nitrogens with one attached hydrogen (secondary N) is 2. The second-order valence-corrected chi connectivity index (χ2v) is 8.16. The van der Waals surface area contributed by atoms with Gasteiger partial charge in [0.1, 0.15) is 0 Å². The molecule has 1 fully saturated rings. The average molecular weight is 373 g/mol. The maximum Gasteiger partial charge on any atom is 0.317 e. The van der Waals surface area contributed by atoms with Crippen LogP contribution in [-0.4, -0.2) is 47.2 Å². The van der Waals surface area contributed by atoms with Crippen molar-refractivity contribution < 1.29 is 14.7 Å². The third-order valence-corrected chi connectivity index (χ3v) is 6.08. The zero-order chi connectivity index (χ0) is 19.6. The normalized spacial score (nSPS) is 26.6. The van der Waals surface area contributed by atoms with Gasteiger partial charge in [0, 0.05) is 12.1 Å². The van der Waals surface area contributed by atoms with Crippen LogP contribution in [0, 0.1) is 5.92 Å². The first-order valence-corrected chi connectivity index (χ1v) is 10.0. The molecule has 0 radical (unpaired) electrons. The van der Waals surface area contributed by atoms with Crippen molar-refractivity contribution in [3.8, 4) is 0 Å². The molecule has 148 valence electrons. The molecule has 1 aromatic carbocycles. The molecule has 1 aromatic rings. The number of aliphatic carboxylic acids is 1. The van der Waals surface area contributed by atoms with Gasteiger partial charge in [0.2, 0.25) is 0 Å². The molecule has 3 rings (SSSR count). The van der Waals surface area contributed by atoms with E-state index in [4.69, 9.17) is 5.11 Å². The van der Waals surface area contributed by atoms with E-state index < -0.39 is 5.97 Å². The van der Waals surface area contributed by atoms with Gasteiger partial charge in [0.15, 0.2) is 0 Å². The van der Waals surface area contributed by atoms with Crippen molar-refractivity contribution in [2.75, 3.05) is 13.1 Å². The molecule has 2 aliphatic carbocycles. The summed E-state index contributed by atoms with van der Waals surface area (Å²) in [4.78, 5) is 25.4. The lowest BCUT2D eigenvalue weighted by Crippen LogP contribution is -2.56. The summed E-state index contributed by atoms with van der Waals surface area (Å²) in [7, 11) is 0. The molecule has 0 heterocycles. The third kappa shape index (κ3) is 4.43. The Morgan fingerprint density at radius 3 is 2.41 bits per heavy atom. The second-order valence-electron chi connectivity index (χ2n) is 8.16. The predicted molar refractivity (Wildman–Crippen MR) is 105 cm³/mol. The van der Waals surface area contributed by atoms with E-state index in [9.17, 15) is 9.59 Å². The van der Waals surface area contributed by atoms with Gasteiger partial charge in [-0.2, -0.15) is 0 Å².